The predicted molar refractivity (Wildman–Crippen MR) is 113 cm³/mol. The average Bonchev–Trinajstić information content (AvgIpc) is 2.72. The van der Waals surface area contributed by atoms with Crippen molar-refractivity contribution in [1.29, 1.82) is 5.26 Å². The molecule has 2 aromatic carbocycles. The Kier molecular flexibility index (Phi) is 6.25. The van der Waals surface area contributed by atoms with E-state index >= 15 is 0 Å². The van der Waals surface area contributed by atoms with Crippen LogP contribution >= 0.6 is 0 Å². The molecule has 3 rings (SSSR count). The Morgan fingerprint density at radius 2 is 2.00 bits per heavy atom. The number of aromatic nitrogens is 2. The molecule has 0 aliphatic rings. The van der Waals surface area contributed by atoms with E-state index in [0.717, 1.165) is 16.5 Å². The quantitative estimate of drug-likeness (QED) is 0.655. The minimum atomic E-state index is -0.310. The van der Waals surface area contributed by atoms with Gasteiger partial charge in [0.2, 0.25) is 0 Å². The maximum Gasteiger partial charge on any atom is 0.156 e. The molecule has 3 aromatic rings. The van der Waals surface area contributed by atoms with Crippen molar-refractivity contribution in [1.82, 2.24) is 10.2 Å². The summed E-state index contributed by atoms with van der Waals surface area (Å²) in [6.07, 6.45) is 0. The van der Waals surface area contributed by atoms with Crippen LogP contribution in [0.4, 0.5) is 15.9 Å². The fraction of sp³-hybridized carbons (Fsp3) is 0.318. The molecule has 0 saturated heterocycles. The number of nitrogens with one attached hydrogen (secondary N) is 1. The summed E-state index contributed by atoms with van der Waals surface area (Å²) in [5.74, 6) is 0.268. The van der Waals surface area contributed by atoms with Crippen LogP contribution in [0.2, 0.25) is 0 Å². The molecule has 1 N–H and O–H groups in total. The molecule has 0 saturated carbocycles. The summed E-state index contributed by atoms with van der Waals surface area (Å²) in [5.41, 5.74) is 3.72. The Morgan fingerprint density at radius 1 is 1.21 bits per heavy atom. The highest BCUT2D eigenvalue weighted by atomic mass is 19.1. The minimum absolute atomic E-state index is 0.310. The molecular formula is C22H24FN5O. The van der Waals surface area contributed by atoms with Crippen LogP contribution in [0.25, 0.3) is 10.8 Å². The second kappa shape index (κ2) is 8.84. The molecule has 0 amide bonds. The van der Waals surface area contributed by atoms with Crippen molar-refractivity contribution in [2.24, 2.45) is 0 Å². The van der Waals surface area contributed by atoms with Gasteiger partial charge in [-0.3, -0.25) is 0 Å². The standard InChI is InChI=1S/C22H24FN5O/c1-14-16(12-24)6-5-7-17(14)13-25-22-19-11-21(28(3)8-9-29-4)20(23)10-18(19)15(2)26-27-22/h5-7,10-11H,8-9,13H2,1-4H3,(H,25,27). The molecule has 0 unspecified atom stereocenters. The van der Waals surface area contributed by atoms with E-state index in [1.54, 1.807) is 19.2 Å². The third kappa shape index (κ3) is 4.28. The number of halogens is 1. The van der Waals surface area contributed by atoms with Crippen LogP contribution in [0.1, 0.15) is 22.4 Å². The maximum atomic E-state index is 14.7. The van der Waals surface area contributed by atoms with Crippen molar-refractivity contribution >= 4 is 22.3 Å². The van der Waals surface area contributed by atoms with Crippen molar-refractivity contribution in [3.63, 3.8) is 0 Å². The van der Waals surface area contributed by atoms with Gasteiger partial charge in [-0.1, -0.05) is 12.1 Å². The van der Waals surface area contributed by atoms with Crippen molar-refractivity contribution in [3.8, 4) is 6.07 Å². The number of ether oxygens (including phenoxy) is 1. The summed E-state index contributed by atoms with van der Waals surface area (Å²) in [6.45, 7) is 5.29. The zero-order valence-electron chi connectivity index (χ0n) is 17.1. The largest absolute Gasteiger partial charge is 0.383 e. The van der Waals surface area contributed by atoms with Gasteiger partial charge in [0, 0.05) is 38.0 Å². The number of fused-ring (bicyclic) bond motifs is 1. The van der Waals surface area contributed by atoms with E-state index in [0.29, 0.717) is 47.8 Å². The summed E-state index contributed by atoms with van der Waals surface area (Å²) in [6, 6.07) is 11.1. The number of hydrogen-bond donors (Lipinski definition) is 1. The van der Waals surface area contributed by atoms with Crippen LogP contribution in [-0.2, 0) is 11.3 Å². The van der Waals surface area contributed by atoms with Gasteiger partial charge in [-0.25, -0.2) is 4.39 Å². The van der Waals surface area contributed by atoms with Crippen LogP contribution in [-0.4, -0.2) is 37.5 Å². The summed E-state index contributed by atoms with van der Waals surface area (Å²) in [7, 11) is 3.45. The second-order valence-electron chi connectivity index (χ2n) is 6.95. The lowest BCUT2D eigenvalue weighted by molar-refractivity contribution is 0.206. The lowest BCUT2D eigenvalue weighted by atomic mass is 10.0. The predicted octanol–water partition coefficient (Wildman–Crippen LogP) is 3.95. The number of methoxy groups -OCH3 is 1. The normalized spacial score (nSPS) is 10.8. The zero-order chi connectivity index (χ0) is 21.0. The van der Waals surface area contributed by atoms with E-state index in [2.05, 4.69) is 21.6 Å². The van der Waals surface area contributed by atoms with Crippen molar-refractivity contribution in [2.75, 3.05) is 37.5 Å². The molecule has 0 bridgehead atoms. The van der Waals surface area contributed by atoms with E-state index in [9.17, 15) is 9.65 Å². The van der Waals surface area contributed by atoms with Gasteiger partial charge in [0.25, 0.3) is 0 Å². The first kappa shape index (κ1) is 20.5. The first-order valence-electron chi connectivity index (χ1n) is 9.35. The molecule has 1 aromatic heterocycles. The summed E-state index contributed by atoms with van der Waals surface area (Å²) >= 11 is 0. The number of rotatable bonds is 7. The van der Waals surface area contributed by atoms with Crippen LogP contribution in [0, 0.1) is 31.0 Å². The summed E-state index contributed by atoms with van der Waals surface area (Å²) in [5, 5.41) is 22.5. The maximum absolute atomic E-state index is 14.7. The molecule has 150 valence electrons. The van der Waals surface area contributed by atoms with Gasteiger partial charge in [0.05, 0.1) is 29.6 Å². The Balaban J connectivity index is 1.98. The highest BCUT2D eigenvalue weighted by Gasteiger charge is 2.15. The fourth-order valence-corrected chi connectivity index (χ4v) is 3.24. The van der Waals surface area contributed by atoms with E-state index in [1.165, 1.54) is 6.07 Å². The Bertz CT molecular complexity index is 1080. The van der Waals surface area contributed by atoms with Crippen molar-refractivity contribution in [2.45, 2.75) is 20.4 Å². The first-order valence-corrected chi connectivity index (χ1v) is 9.35. The molecule has 0 aliphatic heterocycles. The molecular weight excluding hydrogens is 369 g/mol. The molecule has 0 aliphatic carbocycles. The number of hydrogen-bond acceptors (Lipinski definition) is 6. The molecule has 0 atom stereocenters. The molecule has 0 radical (unpaired) electrons. The van der Waals surface area contributed by atoms with E-state index in [1.807, 2.05) is 37.9 Å². The third-order valence-corrected chi connectivity index (χ3v) is 5.09. The zero-order valence-corrected chi connectivity index (χ0v) is 17.1. The first-order chi connectivity index (χ1) is 14.0. The molecule has 29 heavy (non-hydrogen) atoms. The third-order valence-electron chi connectivity index (χ3n) is 5.09. The highest BCUT2D eigenvalue weighted by Crippen LogP contribution is 2.30. The average molecular weight is 393 g/mol. The molecule has 0 fully saturated rings. The molecule has 6 nitrogen and oxygen atoms in total. The summed E-state index contributed by atoms with van der Waals surface area (Å²) in [4.78, 5) is 1.82. The van der Waals surface area contributed by atoms with Gasteiger partial charge in [-0.05, 0) is 43.2 Å². The van der Waals surface area contributed by atoms with Gasteiger partial charge in [0.1, 0.15) is 5.82 Å². The van der Waals surface area contributed by atoms with E-state index in [-0.39, 0.29) is 5.82 Å². The number of aryl methyl sites for hydroxylation is 1. The van der Waals surface area contributed by atoms with Gasteiger partial charge >= 0.3 is 0 Å². The van der Waals surface area contributed by atoms with Gasteiger partial charge in [-0.2, -0.15) is 10.4 Å². The Hall–Kier alpha value is -3.24. The monoisotopic (exact) mass is 393 g/mol. The number of anilines is 2. The van der Waals surface area contributed by atoms with Crippen LogP contribution in [0.5, 0.6) is 0 Å². The van der Waals surface area contributed by atoms with Crippen LogP contribution < -0.4 is 10.2 Å². The second-order valence-corrected chi connectivity index (χ2v) is 6.95. The SMILES string of the molecule is COCCN(C)c1cc2c(NCc3cccc(C#N)c3C)nnc(C)c2cc1F. The fourth-order valence-electron chi connectivity index (χ4n) is 3.24. The molecule has 7 heteroatoms. The number of likely N-dealkylation sites (N-methyl/N-ethyl adjacent to an activating group) is 1. The Labute approximate surface area is 169 Å². The van der Waals surface area contributed by atoms with Gasteiger partial charge in [0.15, 0.2) is 5.82 Å². The van der Waals surface area contributed by atoms with Crippen LogP contribution in [0.3, 0.4) is 0 Å². The Morgan fingerprint density at radius 3 is 2.72 bits per heavy atom. The highest BCUT2D eigenvalue weighted by molar-refractivity contribution is 5.95. The number of nitrogens with zero attached hydrogens (tertiary/aromatic N) is 4. The topological polar surface area (TPSA) is 74.1 Å². The number of benzene rings is 2. The van der Waals surface area contributed by atoms with E-state index < -0.39 is 0 Å². The number of nitriles is 1. The van der Waals surface area contributed by atoms with Gasteiger partial charge in [-0.15, -0.1) is 5.10 Å². The van der Waals surface area contributed by atoms with Gasteiger partial charge < -0.3 is 15.0 Å². The van der Waals surface area contributed by atoms with E-state index in [4.69, 9.17) is 4.74 Å². The van der Waals surface area contributed by atoms with Crippen LogP contribution in [0.15, 0.2) is 30.3 Å². The lowest BCUT2D eigenvalue weighted by Crippen LogP contribution is -2.23. The minimum Gasteiger partial charge on any atom is -0.383 e. The van der Waals surface area contributed by atoms with Crippen molar-refractivity contribution < 1.29 is 9.13 Å². The van der Waals surface area contributed by atoms with Crippen molar-refractivity contribution in [3.05, 3.63) is 58.5 Å². The smallest absolute Gasteiger partial charge is 0.156 e. The molecule has 0 spiro atoms. The summed E-state index contributed by atoms with van der Waals surface area (Å²) < 4.78 is 19.8. The molecule has 1 heterocycles. The lowest BCUT2D eigenvalue weighted by Gasteiger charge is -2.21.